The second-order valence-electron chi connectivity index (χ2n) is 6.23. The number of imidazole rings is 1. The molecular formula is C15H22BrN3S. The molecule has 2 aromatic heterocycles. The molecule has 5 heteroatoms. The van der Waals surface area contributed by atoms with Crippen LogP contribution in [0.4, 0.5) is 0 Å². The summed E-state index contributed by atoms with van der Waals surface area (Å²) in [5.74, 6) is 0. The maximum absolute atomic E-state index is 4.13. The van der Waals surface area contributed by atoms with E-state index in [1.54, 1.807) is 11.3 Å². The first-order valence-electron chi connectivity index (χ1n) is 6.82. The summed E-state index contributed by atoms with van der Waals surface area (Å²) < 4.78 is 3.30. The molecule has 2 rings (SSSR count). The number of rotatable bonds is 5. The highest BCUT2D eigenvalue weighted by atomic mass is 79.9. The second kappa shape index (κ2) is 6.41. The molecule has 0 aromatic carbocycles. The summed E-state index contributed by atoms with van der Waals surface area (Å²) in [6.07, 6.45) is 5.74. The molecule has 2 atom stereocenters. The van der Waals surface area contributed by atoms with Crippen LogP contribution in [0, 0.1) is 5.41 Å². The first-order valence-corrected chi connectivity index (χ1v) is 8.49. The van der Waals surface area contributed by atoms with Gasteiger partial charge < -0.3 is 9.88 Å². The zero-order valence-electron chi connectivity index (χ0n) is 12.4. The van der Waals surface area contributed by atoms with Gasteiger partial charge in [-0.15, -0.1) is 11.3 Å². The fourth-order valence-electron chi connectivity index (χ4n) is 2.12. The first kappa shape index (κ1) is 15.7. The number of halogens is 1. The number of hydrogen-bond donors (Lipinski definition) is 1. The van der Waals surface area contributed by atoms with Crippen molar-refractivity contribution in [2.24, 2.45) is 5.41 Å². The maximum atomic E-state index is 4.13. The van der Waals surface area contributed by atoms with Crippen LogP contribution in [0.2, 0.25) is 0 Å². The van der Waals surface area contributed by atoms with E-state index < -0.39 is 0 Å². The van der Waals surface area contributed by atoms with Gasteiger partial charge in [-0.1, -0.05) is 20.8 Å². The Morgan fingerprint density at radius 3 is 2.70 bits per heavy atom. The first-order chi connectivity index (χ1) is 9.36. The Kier molecular flexibility index (Phi) is 5.04. The van der Waals surface area contributed by atoms with Crippen LogP contribution < -0.4 is 5.32 Å². The second-order valence-corrected chi connectivity index (χ2v) is 8.09. The quantitative estimate of drug-likeness (QED) is 0.857. The van der Waals surface area contributed by atoms with E-state index in [-0.39, 0.29) is 5.41 Å². The molecule has 0 aliphatic carbocycles. The number of nitrogens with one attached hydrogen (secondary N) is 1. The molecule has 110 valence electrons. The molecule has 0 bridgehead atoms. The van der Waals surface area contributed by atoms with Gasteiger partial charge in [-0.2, -0.15) is 0 Å². The van der Waals surface area contributed by atoms with Crippen LogP contribution in [0.5, 0.6) is 0 Å². The minimum Gasteiger partial charge on any atom is -0.336 e. The lowest BCUT2D eigenvalue weighted by atomic mass is 9.86. The highest BCUT2D eigenvalue weighted by Crippen LogP contribution is 2.28. The van der Waals surface area contributed by atoms with Crippen molar-refractivity contribution in [3.05, 3.63) is 39.5 Å². The highest BCUT2D eigenvalue weighted by molar-refractivity contribution is 9.10. The van der Waals surface area contributed by atoms with E-state index in [1.807, 2.05) is 18.7 Å². The van der Waals surface area contributed by atoms with Gasteiger partial charge in [0.15, 0.2) is 0 Å². The Hall–Kier alpha value is -0.650. The van der Waals surface area contributed by atoms with Crippen LogP contribution in [0.25, 0.3) is 0 Å². The zero-order valence-corrected chi connectivity index (χ0v) is 14.8. The molecular weight excluding hydrogens is 334 g/mol. The minimum atomic E-state index is 0.188. The van der Waals surface area contributed by atoms with Crippen molar-refractivity contribution in [2.45, 2.75) is 46.3 Å². The van der Waals surface area contributed by atoms with Crippen molar-refractivity contribution in [3.8, 4) is 0 Å². The van der Waals surface area contributed by atoms with Gasteiger partial charge in [0.2, 0.25) is 0 Å². The van der Waals surface area contributed by atoms with E-state index in [2.05, 4.69) is 69.9 Å². The van der Waals surface area contributed by atoms with Gasteiger partial charge in [-0.05, 0) is 34.3 Å². The largest absolute Gasteiger partial charge is 0.336 e. The van der Waals surface area contributed by atoms with Crippen molar-refractivity contribution < 1.29 is 0 Å². The maximum Gasteiger partial charge on any atom is 0.0946 e. The van der Waals surface area contributed by atoms with Crippen LogP contribution in [0.1, 0.15) is 38.6 Å². The van der Waals surface area contributed by atoms with Gasteiger partial charge in [0, 0.05) is 45.8 Å². The molecule has 0 spiro atoms. The minimum absolute atomic E-state index is 0.188. The van der Waals surface area contributed by atoms with E-state index in [9.17, 15) is 0 Å². The van der Waals surface area contributed by atoms with Gasteiger partial charge >= 0.3 is 0 Å². The number of nitrogens with zero attached hydrogens (tertiary/aromatic N) is 2. The molecule has 0 aliphatic rings. The number of hydrogen-bond acceptors (Lipinski definition) is 3. The van der Waals surface area contributed by atoms with Crippen molar-refractivity contribution in [1.82, 2.24) is 14.9 Å². The van der Waals surface area contributed by atoms with E-state index in [4.69, 9.17) is 0 Å². The van der Waals surface area contributed by atoms with E-state index in [1.165, 1.54) is 4.88 Å². The molecule has 0 saturated carbocycles. The number of thiophene rings is 1. The van der Waals surface area contributed by atoms with Crippen molar-refractivity contribution >= 4 is 27.3 Å². The molecule has 2 unspecified atom stereocenters. The normalized spacial score (nSPS) is 15.2. The third-order valence-electron chi connectivity index (χ3n) is 3.46. The lowest BCUT2D eigenvalue weighted by Gasteiger charge is -2.34. The SMILES string of the molecule is CC(NC(Cn1ccnc1)C(C)(C)C)c1cc(Br)cs1. The molecule has 20 heavy (non-hydrogen) atoms. The van der Waals surface area contributed by atoms with Gasteiger partial charge in [-0.25, -0.2) is 4.98 Å². The molecule has 0 amide bonds. The Bertz CT molecular complexity index is 528. The smallest absolute Gasteiger partial charge is 0.0946 e. The molecule has 1 N–H and O–H groups in total. The summed E-state index contributed by atoms with van der Waals surface area (Å²) in [6, 6.07) is 2.92. The van der Waals surface area contributed by atoms with Crippen LogP contribution in [0.3, 0.4) is 0 Å². The van der Waals surface area contributed by atoms with Crippen LogP contribution >= 0.6 is 27.3 Å². The summed E-state index contributed by atoms with van der Waals surface area (Å²) in [6.45, 7) is 9.99. The third-order valence-corrected chi connectivity index (χ3v) is 5.34. The summed E-state index contributed by atoms with van der Waals surface area (Å²) >= 11 is 5.31. The highest BCUT2D eigenvalue weighted by Gasteiger charge is 2.26. The van der Waals surface area contributed by atoms with Gasteiger partial charge in [-0.3, -0.25) is 0 Å². The van der Waals surface area contributed by atoms with Crippen LogP contribution in [-0.2, 0) is 6.54 Å². The fraction of sp³-hybridized carbons (Fsp3) is 0.533. The predicted octanol–water partition coefficient (Wildman–Crippen LogP) is 4.47. The van der Waals surface area contributed by atoms with Crippen molar-refractivity contribution in [3.63, 3.8) is 0 Å². The molecule has 0 saturated heterocycles. The predicted molar refractivity (Wildman–Crippen MR) is 89.0 cm³/mol. The molecule has 2 heterocycles. The summed E-state index contributed by atoms with van der Waals surface area (Å²) in [4.78, 5) is 5.49. The van der Waals surface area contributed by atoms with Crippen LogP contribution in [-0.4, -0.2) is 15.6 Å². The zero-order chi connectivity index (χ0) is 14.8. The molecule has 3 nitrogen and oxygen atoms in total. The molecule has 0 aliphatic heterocycles. The average Bonchev–Trinajstić information content (AvgIpc) is 2.98. The Morgan fingerprint density at radius 1 is 1.45 bits per heavy atom. The van der Waals surface area contributed by atoms with E-state index >= 15 is 0 Å². The molecule has 0 fully saturated rings. The number of aromatic nitrogens is 2. The molecule has 2 aromatic rings. The fourth-order valence-corrected chi connectivity index (χ4v) is 3.58. The monoisotopic (exact) mass is 355 g/mol. The van der Waals surface area contributed by atoms with Gasteiger partial charge in [0.1, 0.15) is 0 Å². The summed E-state index contributed by atoms with van der Waals surface area (Å²) in [7, 11) is 0. The third kappa shape index (κ3) is 4.17. The Labute approximate surface area is 133 Å². The summed E-state index contributed by atoms with van der Waals surface area (Å²) in [5, 5.41) is 5.90. The van der Waals surface area contributed by atoms with Gasteiger partial charge in [0.25, 0.3) is 0 Å². The Balaban J connectivity index is 2.08. The van der Waals surface area contributed by atoms with E-state index in [0.29, 0.717) is 12.1 Å². The van der Waals surface area contributed by atoms with E-state index in [0.717, 1.165) is 11.0 Å². The van der Waals surface area contributed by atoms with Crippen molar-refractivity contribution in [2.75, 3.05) is 0 Å². The van der Waals surface area contributed by atoms with Crippen LogP contribution in [0.15, 0.2) is 34.6 Å². The average molecular weight is 356 g/mol. The lowest BCUT2D eigenvalue weighted by molar-refractivity contribution is 0.226. The topological polar surface area (TPSA) is 29.9 Å². The van der Waals surface area contributed by atoms with Gasteiger partial charge in [0.05, 0.1) is 6.33 Å². The van der Waals surface area contributed by atoms with Crippen molar-refractivity contribution in [1.29, 1.82) is 0 Å². The Morgan fingerprint density at radius 2 is 2.20 bits per heavy atom. The standard InChI is InChI=1S/C15H22BrN3S/c1-11(13-7-12(16)9-20-13)18-14(15(2,3)4)8-19-6-5-17-10-19/h5-7,9-11,14,18H,8H2,1-4H3. The lowest BCUT2D eigenvalue weighted by Crippen LogP contribution is -2.44. The summed E-state index contributed by atoms with van der Waals surface area (Å²) in [5.41, 5.74) is 0.188. The molecule has 0 radical (unpaired) electrons.